The number of aromatic nitrogens is 1. The molecule has 2 atom stereocenters. The molecular weight excluding hydrogens is 276 g/mol. The van der Waals surface area contributed by atoms with Gasteiger partial charge in [-0.3, -0.25) is 4.90 Å². The van der Waals surface area contributed by atoms with Gasteiger partial charge in [-0.2, -0.15) is 0 Å². The number of aliphatic hydroxyl groups excluding tert-OH is 2. The van der Waals surface area contributed by atoms with Crippen LogP contribution in [-0.2, 0) is 6.54 Å². The van der Waals surface area contributed by atoms with Gasteiger partial charge in [0.15, 0.2) is 0 Å². The molecular formula is C15H17ClN2O2. The average molecular weight is 293 g/mol. The van der Waals surface area contributed by atoms with E-state index in [0.717, 1.165) is 22.0 Å². The molecule has 4 nitrogen and oxygen atoms in total. The highest BCUT2D eigenvalue weighted by Gasteiger charge is 2.29. The van der Waals surface area contributed by atoms with Crippen LogP contribution in [0.25, 0.3) is 10.9 Å². The van der Waals surface area contributed by atoms with Crippen molar-refractivity contribution >= 4 is 22.5 Å². The Hall–Kier alpha value is -1.20. The summed E-state index contributed by atoms with van der Waals surface area (Å²) < 4.78 is 0. The SMILES string of the molecule is Cc1ccc2cc(CN3C[C@@H](O)[C@@H](O)C3)c(Cl)nc2c1. The molecule has 2 N–H and O–H groups in total. The van der Waals surface area contributed by atoms with Gasteiger partial charge in [-0.15, -0.1) is 0 Å². The van der Waals surface area contributed by atoms with Crippen LogP contribution >= 0.6 is 11.6 Å². The number of aliphatic hydroxyl groups is 2. The molecule has 2 aromatic rings. The maximum Gasteiger partial charge on any atom is 0.134 e. The van der Waals surface area contributed by atoms with Crippen LogP contribution in [-0.4, -0.2) is 45.4 Å². The van der Waals surface area contributed by atoms with Crippen molar-refractivity contribution in [1.82, 2.24) is 9.88 Å². The van der Waals surface area contributed by atoms with Gasteiger partial charge in [0.05, 0.1) is 17.7 Å². The third-order valence-electron chi connectivity index (χ3n) is 3.73. The highest BCUT2D eigenvalue weighted by atomic mass is 35.5. The molecule has 0 radical (unpaired) electrons. The molecule has 106 valence electrons. The van der Waals surface area contributed by atoms with Gasteiger partial charge in [0.25, 0.3) is 0 Å². The number of hydrogen-bond donors (Lipinski definition) is 2. The van der Waals surface area contributed by atoms with Gasteiger partial charge in [0, 0.05) is 30.6 Å². The van der Waals surface area contributed by atoms with E-state index in [1.54, 1.807) is 0 Å². The summed E-state index contributed by atoms with van der Waals surface area (Å²) in [6, 6.07) is 8.12. The molecule has 1 aliphatic heterocycles. The summed E-state index contributed by atoms with van der Waals surface area (Å²) >= 11 is 6.24. The molecule has 1 aromatic heterocycles. The Morgan fingerprint density at radius 1 is 1.25 bits per heavy atom. The minimum Gasteiger partial charge on any atom is -0.389 e. The summed E-state index contributed by atoms with van der Waals surface area (Å²) in [5.41, 5.74) is 2.96. The fourth-order valence-electron chi connectivity index (χ4n) is 2.63. The molecule has 1 saturated heterocycles. The Balaban J connectivity index is 1.88. The van der Waals surface area contributed by atoms with Crippen molar-refractivity contribution in [3.05, 3.63) is 40.5 Å². The van der Waals surface area contributed by atoms with Crippen LogP contribution in [0.3, 0.4) is 0 Å². The van der Waals surface area contributed by atoms with E-state index in [2.05, 4.69) is 4.98 Å². The van der Waals surface area contributed by atoms with Crippen LogP contribution in [0.5, 0.6) is 0 Å². The zero-order chi connectivity index (χ0) is 14.3. The minimum absolute atomic E-state index is 0.462. The van der Waals surface area contributed by atoms with E-state index in [1.807, 2.05) is 36.1 Å². The van der Waals surface area contributed by atoms with Gasteiger partial charge < -0.3 is 10.2 Å². The molecule has 1 fully saturated rings. The highest BCUT2D eigenvalue weighted by Crippen LogP contribution is 2.24. The Morgan fingerprint density at radius 2 is 1.95 bits per heavy atom. The van der Waals surface area contributed by atoms with Crippen molar-refractivity contribution in [3.8, 4) is 0 Å². The van der Waals surface area contributed by atoms with Crippen LogP contribution in [0.1, 0.15) is 11.1 Å². The predicted molar refractivity (Wildman–Crippen MR) is 78.8 cm³/mol. The number of rotatable bonds is 2. The first kappa shape index (κ1) is 13.8. The van der Waals surface area contributed by atoms with Crippen molar-refractivity contribution in [2.45, 2.75) is 25.7 Å². The van der Waals surface area contributed by atoms with E-state index in [0.29, 0.717) is 24.8 Å². The molecule has 0 unspecified atom stereocenters. The van der Waals surface area contributed by atoms with Gasteiger partial charge in [0.1, 0.15) is 5.15 Å². The number of benzene rings is 1. The third kappa shape index (κ3) is 2.65. The molecule has 5 heteroatoms. The summed E-state index contributed by atoms with van der Waals surface area (Å²) in [7, 11) is 0. The minimum atomic E-state index is -0.676. The zero-order valence-corrected chi connectivity index (χ0v) is 12.0. The maximum atomic E-state index is 9.58. The van der Waals surface area contributed by atoms with E-state index in [1.165, 1.54) is 0 Å². The van der Waals surface area contributed by atoms with Crippen molar-refractivity contribution < 1.29 is 10.2 Å². The third-order valence-corrected chi connectivity index (χ3v) is 4.06. The highest BCUT2D eigenvalue weighted by molar-refractivity contribution is 6.30. The first-order chi connectivity index (χ1) is 9.52. The molecule has 0 bridgehead atoms. The van der Waals surface area contributed by atoms with E-state index >= 15 is 0 Å². The van der Waals surface area contributed by atoms with Gasteiger partial charge in [-0.05, 0) is 24.6 Å². The normalized spacial score (nSPS) is 23.6. The summed E-state index contributed by atoms with van der Waals surface area (Å²) in [6.07, 6.45) is -1.35. The van der Waals surface area contributed by atoms with Gasteiger partial charge in [0.2, 0.25) is 0 Å². The molecule has 0 aliphatic carbocycles. The van der Waals surface area contributed by atoms with Crippen molar-refractivity contribution in [3.63, 3.8) is 0 Å². The standard InChI is InChI=1S/C15H17ClN2O2/c1-9-2-3-10-5-11(15(16)17-12(10)4-9)6-18-7-13(19)14(20)8-18/h2-5,13-14,19-20H,6-8H2,1H3/t13-,14+. The monoisotopic (exact) mass is 292 g/mol. The van der Waals surface area contributed by atoms with E-state index in [4.69, 9.17) is 11.6 Å². The summed E-state index contributed by atoms with van der Waals surface area (Å²) in [5.74, 6) is 0. The lowest BCUT2D eigenvalue weighted by Crippen LogP contribution is -2.22. The summed E-state index contributed by atoms with van der Waals surface area (Å²) in [6.45, 7) is 3.53. The quantitative estimate of drug-likeness (QED) is 0.828. The van der Waals surface area contributed by atoms with Crippen molar-refractivity contribution in [1.29, 1.82) is 0 Å². The fraction of sp³-hybridized carbons (Fsp3) is 0.400. The van der Waals surface area contributed by atoms with Gasteiger partial charge in [-0.1, -0.05) is 23.7 Å². The average Bonchev–Trinajstić information content (AvgIpc) is 2.69. The van der Waals surface area contributed by atoms with E-state index in [9.17, 15) is 10.2 Å². The van der Waals surface area contributed by atoms with Crippen LogP contribution in [0, 0.1) is 6.92 Å². The zero-order valence-electron chi connectivity index (χ0n) is 11.3. The number of aryl methyl sites for hydroxylation is 1. The van der Waals surface area contributed by atoms with Crippen LogP contribution in [0.2, 0.25) is 5.15 Å². The lowest BCUT2D eigenvalue weighted by Gasteiger charge is -2.16. The van der Waals surface area contributed by atoms with Gasteiger partial charge >= 0.3 is 0 Å². The molecule has 0 spiro atoms. The second-order valence-electron chi connectivity index (χ2n) is 5.46. The van der Waals surface area contributed by atoms with Crippen molar-refractivity contribution in [2.24, 2.45) is 0 Å². The lowest BCUT2D eigenvalue weighted by molar-refractivity contribution is 0.0572. The first-order valence-electron chi connectivity index (χ1n) is 6.67. The second kappa shape index (κ2) is 5.30. The first-order valence-corrected chi connectivity index (χ1v) is 7.05. The Morgan fingerprint density at radius 3 is 2.65 bits per heavy atom. The molecule has 3 rings (SSSR count). The van der Waals surface area contributed by atoms with Crippen LogP contribution in [0.4, 0.5) is 0 Å². The predicted octanol–water partition coefficient (Wildman–Crippen LogP) is 1.73. The Kier molecular flexibility index (Phi) is 3.65. The largest absolute Gasteiger partial charge is 0.389 e. The van der Waals surface area contributed by atoms with Crippen LogP contribution in [0.15, 0.2) is 24.3 Å². The number of halogens is 1. The number of pyridine rings is 1. The lowest BCUT2D eigenvalue weighted by atomic mass is 10.1. The molecule has 2 heterocycles. The molecule has 1 aromatic carbocycles. The number of nitrogens with zero attached hydrogens (tertiary/aromatic N) is 2. The molecule has 20 heavy (non-hydrogen) atoms. The molecule has 0 amide bonds. The maximum absolute atomic E-state index is 9.58. The van der Waals surface area contributed by atoms with E-state index in [-0.39, 0.29) is 0 Å². The van der Waals surface area contributed by atoms with Crippen molar-refractivity contribution in [2.75, 3.05) is 13.1 Å². The summed E-state index contributed by atoms with van der Waals surface area (Å²) in [4.78, 5) is 6.41. The topological polar surface area (TPSA) is 56.6 Å². The van der Waals surface area contributed by atoms with Gasteiger partial charge in [-0.25, -0.2) is 4.98 Å². The number of fused-ring (bicyclic) bond motifs is 1. The summed E-state index contributed by atoms with van der Waals surface area (Å²) in [5, 5.41) is 20.7. The van der Waals surface area contributed by atoms with Crippen LogP contribution < -0.4 is 0 Å². The smallest absolute Gasteiger partial charge is 0.134 e. The number of β-amino-alcohol motifs (C(OH)–C–C–N with tert-alkyl or cyclic N) is 2. The number of likely N-dealkylation sites (tertiary alicyclic amines) is 1. The van der Waals surface area contributed by atoms with E-state index < -0.39 is 12.2 Å². The Bertz CT molecular complexity index is 637. The fourth-order valence-corrected chi connectivity index (χ4v) is 2.83. The Labute approximate surface area is 122 Å². The molecule has 1 aliphatic rings. The molecule has 0 saturated carbocycles. The number of hydrogen-bond acceptors (Lipinski definition) is 4. The second-order valence-corrected chi connectivity index (χ2v) is 5.82.